The largest absolute Gasteiger partial charge is 0.482 e. The van der Waals surface area contributed by atoms with E-state index in [1.54, 1.807) is 26.1 Å². The monoisotopic (exact) mass is 503 g/mol. The van der Waals surface area contributed by atoms with Gasteiger partial charge in [-0.2, -0.15) is 0 Å². The Kier molecular flexibility index (Phi) is 5.88. The topological polar surface area (TPSA) is 70.6 Å². The van der Waals surface area contributed by atoms with Gasteiger partial charge in [-0.1, -0.05) is 38.1 Å². The van der Waals surface area contributed by atoms with Crippen LogP contribution in [-0.2, 0) is 16.0 Å². The van der Waals surface area contributed by atoms with Gasteiger partial charge < -0.3 is 19.9 Å². The Bertz CT molecular complexity index is 1310. The Hall–Kier alpha value is -3.13. The molecule has 2 aliphatic heterocycles. The number of anilines is 2. The zero-order chi connectivity index (χ0) is 28.7. The summed E-state index contributed by atoms with van der Waals surface area (Å²) in [6.07, 6.45) is 1.70. The number of nitrogens with zero attached hydrogens (tertiary/aromatic N) is 4. The Morgan fingerprint density at radius 3 is 2.86 bits per heavy atom. The molecule has 1 unspecified atom stereocenters. The minimum atomic E-state index is -2.59. The average Bonchev–Trinajstić information content (AvgIpc) is 2.84. The van der Waals surface area contributed by atoms with Gasteiger partial charge in [0.15, 0.2) is 6.61 Å². The van der Waals surface area contributed by atoms with Crippen molar-refractivity contribution in [2.24, 2.45) is 11.8 Å². The van der Waals surface area contributed by atoms with Crippen LogP contribution in [0.1, 0.15) is 36.2 Å². The lowest BCUT2D eigenvalue weighted by Crippen LogP contribution is -2.46. The normalized spacial score (nSPS) is 26.1. The van der Waals surface area contributed by atoms with Gasteiger partial charge in [-0.25, -0.2) is 14.4 Å². The van der Waals surface area contributed by atoms with E-state index in [1.165, 1.54) is 0 Å². The summed E-state index contributed by atoms with van der Waals surface area (Å²) in [5, 5.41) is 2.30. The molecule has 35 heavy (non-hydrogen) atoms. The van der Waals surface area contributed by atoms with E-state index >= 15 is 0 Å². The molecule has 4 rings (SSSR count). The maximum atomic E-state index is 14.7. The lowest BCUT2D eigenvalue weighted by Gasteiger charge is -2.37. The number of aromatic nitrogens is 2. The lowest BCUT2D eigenvalue weighted by atomic mass is 9.90. The molecule has 1 amide bonds. The van der Waals surface area contributed by atoms with E-state index < -0.39 is 37.5 Å². The fraction of sp³-hybridized carbons (Fsp3) is 0.423. The summed E-state index contributed by atoms with van der Waals surface area (Å²) in [6.45, 7) is 5.06. The molecule has 0 aliphatic carbocycles. The fourth-order valence-electron chi connectivity index (χ4n) is 4.40. The molecular weight excluding hydrogens is 469 g/mol. The van der Waals surface area contributed by atoms with Crippen LogP contribution in [0.3, 0.4) is 0 Å². The minimum Gasteiger partial charge on any atom is -0.482 e. The molecule has 1 saturated heterocycles. The van der Waals surface area contributed by atoms with E-state index in [9.17, 15) is 9.18 Å². The Balaban J connectivity index is 1.54. The number of alkyl halides is 1. The molecule has 0 radical (unpaired) electrons. The lowest BCUT2D eigenvalue weighted by molar-refractivity contribution is -0.123. The first-order chi connectivity index (χ1) is 18.2. The van der Waals surface area contributed by atoms with Gasteiger partial charge in [0.05, 0.1) is 24.0 Å². The molecule has 2 aliphatic rings. The molecule has 1 N–H and O–H groups in total. The minimum absolute atomic E-state index is 0.332. The number of ether oxygens (including phenoxy) is 1. The van der Waals surface area contributed by atoms with Crippen LogP contribution in [0.25, 0.3) is 6.08 Å². The number of likely N-dealkylation sites (N-methyl/N-ethyl adjacent to an activating group) is 2. The predicted molar refractivity (Wildman–Crippen MR) is 137 cm³/mol. The Labute approximate surface area is 216 Å². The maximum Gasteiger partial charge on any atom is 0.257 e. The van der Waals surface area contributed by atoms with E-state index in [1.807, 2.05) is 40.4 Å². The first-order valence-electron chi connectivity index (χ1n) is 13.3. The third-order valence-electron chi connectivity index (χ3n) is 6.32. The molecule has 0 spiro atoms. The second-order valence-corrected chi connectivity index (χ2v) is 9.38. The van der Waals surface area contributed by atoms with E-state index in [-0.39, 0.29) is 0 Å². The molecule has 186 valence electrons. The highest BCUT2D eigenvalue weighted by Crippen LogP contribution is 2.35. The van der Waals surface area contributed by atoms with Crippen molar-refractivity contribution in [3.05, 3.63) is 64.3 Å². The second kappa shape index (κ2) is 10.2. The molecule has 0 bridgehead atoms. The highest BCUT2D eigenvalue weighted by atomic mass is 35.5. The van der Waals surface area contributed by atoms with Gasteiger partial charge in [0.2, 0.25) is 5.95 Å². The van der Waals surface area contributed by atoms with Gasteiger partial charge in [0.25, 0.3) is 5.91 Å². The SMILES string of the molecule is [2H]C([2H])([2H])NC(=O)COC1=Cc2cc(Cc3nc(N4C[C@@H](C)C([2H])(F)[C@@H](C)C4)ncc3Cl)ccc2N(C)C1=C. The number of amides is 1. The zero-order valence-corrected chi connectivity index (χ0v) is 20.7. The third-order valence-corrected chi connectivity index (χ3v) is 6.63. The van der Waals surface area contributed by atoms with Gasteiger partial charge in [-0.05, 0) is 23.8 Å². The summed E-state index contributed by atoms with van der Waals surface area (Å²) in [5.41, 5.74) is 3.73. The number of fused-ring (bicyclic) bond motifs is 1. The van der Waals surface area contributed by atoms with Crippen LogP contribution >= 0.6 is 11.6 Å². The summed E-state index contributed by atoms with van der Waals surface area (Å²) in [4.78, 5) is 24.7. The highest BCUT2D eigenvalue weighted by molar-refractivity contribution is 6.31. The maximum absolute atomic E-state index is 14.7. The third kappa shape index (κ3) is 5.27. The van der Waals surface area contributed by atoms with Crippen LogP contribution in [0.2, 0.25) is 5.02 Å². The van der Waals surface area contributed by atoms with Gasteiger partial charge in [-0.15, -0.1) is 0 Å². The second-order valence-electron chi connectivity index (χ2n) is 8.98. The number of hydrogen-bond acceptors (Lipinski definition) is 6. The predicted octanol–water partition coefficient (Wildman–Crippen LogP) is 4.22. The van der Waals surface area contributed by atoms with Gasteiger partial charge in [0, 0.05) is 60.7 Å². The molecule has 3 heterocycles. The summed E-state index contributed by atoms with van der Waals surface area (Å²) in [5.74, 6) is -0.976. The molecule has 1 fully saturated rings. The zero-order valence-electron chi connectivity index (χ0n) is 23.9. The van der Waals surface area contributed by atoms with E-state index in [2.05, 4.69) is 16.5 Å². The smallest absolute Gasteiger partial charge is 0.257 e. The summed E-state index contributed by atoms with van der Waals surface area (Å²) in [7, 11) is 1.82. The Morgan fingerprint density at radius 2 is 2.14 bits per heavy atom. The number of carbonyl (C=O) groups is 1. The number of nitrogens with one attached hydrogen (secondary N) is 1. The van der Waals surface area contributed by atoms with E-state index in [0.29, 0.717) is 47.6 Å². The van der Waals surface area contributed by atoms with Crippen molar-refractivity contribution in [3.63, 3.8) is 0 Å². The molecule has 1 aromatic heterocycles. The van der Waals surface area contributed by atoms with Crippen LogP contribution in [0.5, 0.6) is 0 Å². The van der Waals surface area contributed by atoms with Crippen molar-refractivity contribution in [2.75, 3.05) is 43.5 Å². The number of halogens is 2. The van der Waals surface area contributed by atoms with Crippen LogP contribution in [0.4, 0.5) is 16.0 Å². The standard InChI is InChI=1S/C26H31ClFN5O2/c1-15-12-33(13-16(2)25(15)28)26-30-11-20(27)21(31-26)9-18-6-7-22-19(8-18)10-23(17(3)32(22)5)35-14-24(34)29-4/h6-8,10-11,15-16,25H,3,9,12-14H2,1-2,4-5H3,(H,29,34)/t15-,16+,25?/i4D3,25D. The van der Waals surface area contributed by atoms with Crippen molar-refractivity contribution in [3.8, 4) is 0 Å². The molecule has 0 saturated carbocycles. The first kappa shape index (κ1) is 20.1. The summed E-state index contributed by atoms with van der Waals surface area (Å²) in [6, 6.07) is 5.83. The Morgan fingerprint density at radius 1 is 1.40 bits per heavy atom. The van der Waals surface area contributed by atoms with Crippen LogP contribution in [0.15, 0.2) is 42.4 Å². The summed E-state index contributed by atoms with van der Waals surface area (Å²) < 4.78 is 49.7. The number of piperidine rings is 1. The average molecular weight is 504 g/mol. The van der Waals surface area contributed by atoms with Crippen molar-refractivity contribution >= 4 is 35.2 Å². The number of benzene rings is 1. The van der Waals surface area contributed by atoms with Crippen molar-refractivity contribution in [1.82, 2.24) is 15.3 Å². The summed E-state index contributed by atoms with van der Waals surface area (Å²) >= 11 is 6.45. The fourth-order valence-corrected chi connectivity index (χ4v) is 4.55. The molecule has 3 atom stereocenters. The van der Waals surface area contributed by atoms with Crippen LogP contribution in [0, 0.1) is 11.8 Å². The number of rotatable bonds is 6. The first-order valence-corrected chi connectivity index (χ1v) is 11.7. The van der Waals surface area contributed by atoms with Crippen molar-refractivity contribution in [1.29, 1.82) is 0 Å². The van der Waals surface area contributed by atoms with E-state index in [4.69, 9.17) is 21.8 Å². The molecule has 2 aromatic rings. The van der Waals surface area contributed by atoms with Gasteiger partial charge in [0.1, 0.15) is 11.9 Å². The number of hydrogen-bond donors (Lipinski definition) is 1. The van der Waals surface area contributed by atoms with Crippen LogP contribution < -0.4 is 15.1 Å². The number of carbonyl (C=O) groups excluding carboxylic acids is 1. The van der Waals surface area contributed by atoms with Gasteiger partial charge >= 0.3 is 0 Å². The molecule has 7 nitrogen and oxygen atoms in total. The van der Waals surface area contributed by atoms with Crippen molar-refractivity contribution in [2.45, 2.75) is 26.4 Å². The highest BCUT2D eigenvalue weighted by Gasteiger charge is 2.33. The van der Waals surface area contributed by atoms with E-state index in [0.717, 1.165) is 16.8 Å². The molecular formula is C26H31ClFN5O2. The molecule has 1 aromatic carbocycles. The van der Waals surface area contributed by atoms with Crippen molar-refractivity contribution < 1.29 is 19.4 Å². The quantitative estimate of drug-likeness (QED) is 0.636. The van der Waals surface area contributed by atoms with Gasteiger partial charge in [-0.3, -0.25) is 4.79 Å². The van der Waals surface area contributed by atoms with Crippen LogP contribution in [-0.4, -0.2) is 55.7 Å². The molecule has 9 heteroatoms.